The minimum Gasteiger partial charge on any atom is -0.422 e. The lowest BCUT2D eigenvalue weighted by atomic mass is 9.76. The Hall–Kier alpha value is -2.92. The number of aryl methyl sites for hydroxylation is 1. The number of hydrogen-bond acceptors (Lipinski definition) is 3. The predicted octanol–water partition coefficient (Wildman–Crippen LogP) is 5.36. The third kappa shape index (κ3) is 3.77. The van der Waals surface area contributed by atoms with Crippen molar-refractivity contribution in [3.63, 3.8) is 0 Å². The second kappa shape index (κ2) is 7.10. The van der Waals surface area contributed by atoms with E-state index in [1.54, 1.807) is 0 Å². The molecule has 162 valence electrons. The summed E-state index contributed by atoms with van der Waals surface area (Å²) in [5.74, 6) is -2.37. The topological polar surface area (TPSA) is 39.4 Å². The molecule has 1 aromatic carbocycles. The molecular weight excluding hydrogens is 426 g/mol. The summed E-state index contributed by atoms with van der Waals surface area (Å²) in [5.41, 5.74) is -4.55. The Morgan fingerprint density at radius 2 is 1.63 bits per heavy atom. The molecule has 1 aromatic heterocycles. The van der Waals surface area contributed by atoms with Crippen LogP contribution in [0.25, 0.3) is 0 Å². The number of ether oxygens (including phenoxy) is 1. The maximum absolute atomic E-state index is 15.2. The van der Waals surface area contributed by atoms with Crippen molar-refractivity contribution in [1.29, 1.82) is 0 Å². The molecular formula is C18H13F8N3O. The number of allylic oxidation sites excluding steroid dienone is 1. The van der Waals surface area contributed by atoms with Crippen LogP contribution in [0.2, 0.25) is 0 Å². The molecule has 0 aliphatic carbocycles. The van der Waals surface area contributed by atoms with Crippen molar-refractivity contribution in [1.82, 2.24) is 9.78 Å². The zero-order chi connectivity index (χ0) is 22.5. The highest BCUT2D eigenvalue weighted by molar-refractivity contribution is 5.87. The van der Waals surface area contributed by atoms with Gasteiger partial charge in [-0.3, -0.25) is 0 Å². The van der Waals surface area contributed by atoms with Gasteiger partial charge in [-0.25, -0.2) is 18.5 Å². The minimum absolute atomic E-state index is 0.145. The molecule has 0 spiro atoms. The monoisotopic (exact) mass is 439 g/mol. The Bertz CT molecular complexity index is 1000. The highest BCUT2D eigenvalue weighted by Crippen LogP contribution is 2.42. The Morgan fingerprint density at radius 1 is 1.03 bits per heavy atom. The summed E-state index contributed by atoms with van der Waals surface area (Å²) >= 11 is 0. The van der Waals surface area contributed by atoms with Gasteiger partial charge >= 0.3 is 12.4 Å². The molecule has 0 bridgehead atoms. The van der Waals surface area contributed by atoms with Crippen LogP contribution in [0.15, 0.2) is 47.4 Å². The number of alkyl halides is 7. The van der Waals surface area contributed by atoms with Gasteiger partial charge < -0.3 is 4.74 Å². The maximum Gasteiger partial charge on any atom is 0.435 e. The molecule has 2 unspecified atom stereocenters. The molecule has 0 saturated heterocycles. The summed E-state index contributed by atoms with van der Waals surface area (Å²) in [6.07, 6.45) is -11.2. The van der Waals surface area contributed by atoms with Crippen LogP contribution >= 0.6 is 0 Å². The number of hydrogen-bond donors (Lipinski definition) is 0. The normalized spacial score (nSPS) is 22.5. The number of nitrogens with zero attached hydrogens (tertiary/aromatic N) is 3. The van der Waals surface area contributed by atoms with Gasteiger partial charge in [-0.1, -0.05) is 12.1 Å². The molecule has 1 aliphatic heterocycles. The Labute approximate surface area is 164 Å². The van der Waals surface area contributed by atoms with Gasteiger partial charge in [0.15, 0.2) is 11.9 Å². The largest absolute Gasteiger partial charge is 0.435 e. The van der Waals surface area contributed by atoms with Gasteiger partial charge in [0.2, 0.25) is 11.8 Å². The van der Waals surface area contributed by atoms with Crippen molar-refractivity contribution in [3.8, 4) is 5.88 Å². The van der Waals surface area contributed by atoms with Crippen LogP contribution in [0, 0.1) is 0 Å². The van der Waals surface area contributed by atoms with Gasteiger partial charge in [0.1, 0.15) is 5.83 Å². The molecule has 0 radical (unpaired) electrons. The third-order valence-electron chi connectivity index (χ3n) is 4.67. The summed E-state index contributed by atoms with van der Waals surface area (Å²) < 4.78 is 112. The number of benzene rings is 1. The first-order chi connectivity index (χ1) is 13.7. The molecule has 4 nitrogen and oxygen atoms in total. The van der Waals surface area contributed by atoms with E-state index in [1.165, 1.54) is 0 Å². The zero-order valence-electron chi connectivity index (χ0n) is 15.3. The average Bonchev–Trinajstić information content (AvgIpc) is 3.02. The number of aromatic nitrogens is 2. The van der Waals surface area contributed by atoms with E-state index in [0.29, 0.717) is 29.1 Å². The summed E-state index contributed by atoms with van der Waals surface area (Å²) in [6.45, 7) is 1.08. The quantitative estimate of drug-likeness (QED) is 0.592. The van der Waals surface area contributed by atoms with Crippen molar-refractivity contribution < 1.29 is 39.9 Å². The lowest BCUT2D eigenvalue weighted by Crippen LogP contribution is -2.44. The van der Waals surface area contributed by atoms with Crippen LogP contribution in [-0.4, -0.2) is 21.8 Å². The standard InChI is InChI=1S/C18H13F8N3O/c1-16(9-3-5-10(6-4-9)17(21,22)23)11(19)8-27-15(14(16)20)30-13-7-12(18(24,25)26)28-29(13)2/h3-8,14H,1-2H3. The summed E-state index contributed by atoms with van der Waals surface area (Å²) in [6, 6.07) is 3.68. The molecule has 2 heterocycles. The van der Waals surface area contributed by atoms with E-state index >= 15 is 4.39 Å². The third-order valence-corrected chi connectivity index (χ3v) is 4.67. The average molecular weight is 439 g/mol. The smallest absolute Gasteiger partial charge is 0.422 e. The van der Waals surface area contributed by atoms with Gasteiger partial charge in [-0.05, 0) is 24.6 Å². The van der Waals surface area contributed by atoms with Gasteiger partial charge in [-0.15, -0.1) is 0 Å². The van der Waals surface area contributed by atoms with Gasteiger partial charge in [0.25, 0.3) is 0 Å². The molecule has 0 N–H and O–H groups in total. The van der Waals surface area contributed by atoms with E-state index in [-0.39, 0.29) is 5.56 Å². The summed E-state index contributed by atoms with van der Waals surface area (Å²) in [7, 11) is 1.12. The molecule has 30 heavy (non-hydrogen) atoms. The van der Waals surface area contributed by atoms with E-state index in [0.717, 1.165) is 26.1 Å². The van der Waals surface area contributed by atoms with E-state index in [2.05, 4.69) is 10.1 Å². The second-order valence-electron chi connectivity index (χ2n) is 6.68. The first-order valence-electron chi connectivity index (χ1n) is 8.29. The fourth-order valence-corrected chi connectivity index (χ4v) is 2.85. The van der Waals surface area contributed by atoms with Crippen LogP contribution in [0.3, 0.4) is 0 Å². The number of halogens is 8. The first kappa shape index (κ1) is 21.8. The van der Waals surface area contributed by atoms with Crippen LogP contribution < -0.4 is 4.74 Å². The van der Waals surface area contributed by atoms with Gasteiger partial charge in [-0.2, -0.15) is 31.4 Å². The molecule has 1 aliphatic rings. The fourth-order valence-electron chi connectivity index (χ4n) is 2.85. The molecule has 0 saturated carbocycles. The van der Waals surface area contributed by atoms with E-state index in [1.807, 2.05) is 0 Å². The van der Waals surface area contributed by atoms with Crippen LogP contribution in [0.1, 0.15) is 23.7 Å². The van der Waals surface area contributed by atoms with E-state index in [9.17, 15) is 30.7 Å². The number of aliphatic imine (C=N–C) groups is 1. The fraction of sp³-hybridized carbons (Fsp3) is 0.333. The zero-order valence-corrected chi connectivity index (χ0v) is 15.3. The molecule has 0 amide bonds. The van der Waals surface area contributed by atoms with Gasteiger partial charge in [0.05, 0.1) is 17.2 Å². The van der Waals surface area contributed by atoms with Crippen molar-refractivity contribution in [2.45, 2.75) is 30.9 Å². The van der Waals surface area contributed by atoms with Crippen molar-refractivity contribution in [2.24, 2.45) is 12.0 Å². The Balaban J connectivity index is 1.93. The first-order valence-corrected chi connectivity index (χ1v) is 8.29. The minimum atomic E-state index is -4.77. The van der Waals surface area contributed by atoms with Gasteiger partial charge in [0, 0.05) is 13.1 Å². The van der Waals surface area contributed by atoms with Crippen LogP contribution in [0.4, 0.5) is 35.1 Å². The molecule has 0 fully saturated rings. The number of rotatable bonds is 2. The lowest BCUT2D eigenvalue weighted by molar-refractivity contribution is -0.141. The summed E-state index contributed by atoms with van der Waals surface area (Å²) in [5, 5.41) is 3.21. The molecule has 3 rings (SSSR count). The molecule has 2 aromatic rings. The summed E-state index contributed by atoms with van der Waals surface area (Å²) in [4.78, 5) is 3.46. The van der Waals surface area contributed by atoms with Crippen molar-refractivity contribution in [2.75, 3.05) is 0 Å². The lowest BCUT2D eigenvalue weighted by Gasteiger charge is -2.34. The second-order valence-corrected chi connectivity index (χ2v) is 6.68. The van der Waals surface area contributed by atoms with Crippen molar-refractivity contribution in [3.05, 3.63) is 59.2 Å². The van der Waals surface area contributed by atoms with E-state index < -0.39 is 52.8 Å². The predicted molar refractivity (Wildman–Crippen MR) is 89.2 cm³/mol. The SMILES string of the molecule is Cn1nc(C(F)(F)F)cc1OC1=NC=C(F)C(C)(c2ccc(C(F)(F)F)cc2)C1F. The highest BCUT2D eigenvalue weighted by Gasteiger charge is 2.48. The Kier molecular flexibility index (Phi) is 5.15. The molecule has 2 atom stereocenters. The highest BCUT2D eigenvalue weighted by atomic mass is 19.4. The Morgan fingerprint density at radius 3 is 2.13 bits per heavy atom. The van der Waals surface area contributed by atoms with Crippen LogP contribution in [0.5, 0.6) is 5.88 Å². The maximum atomic E-state index is 15.2. The van der Waals surface area contributed by atoms with E-state index in [4.69, 9.17) is 4.74 Å². The van der Waals surface area contributed by atoms with Crippen LogP contribution in [-0.2, 0) is 24.8 Å². The molecule has 12 heteroatoms. The van der Waals surface area contributed by atoms with Crippen molar-refractivity contribution >= 4 is 5.90 Å².